The average Bonchev–Trinajstić information content (AvgIpc) is 2.01. The van der Waals surface area contributed by atoms with Gasteiger partial charge >= 0.3 is 0 Å². The van der Waals surface area contributed by atoms with Crippen molar-refractivity contribution in [1.82, 2.24) is 0 Å². The van der Waals surface area contributed by atoms with Crippen LogP contribution in [0.5, 0.6) is 0 Å². The van der Waals surface area contributed by atoms with Crippen molar-refractivity contribution in [2.45, 2.75) is 24.4 Å². The molecule has 0 saturated carbocycles. The van der Waals surface area contributed by atoms with E-state index in [0.29, 0.717) is 0 Å². The minimum absolute atomic E-state index is 0.0521. The smallest absolute Gasteiger partial charge is 0.111 e. The second-order valence-electron chi connectivity index (χ2n) is 2.60. The van der Waals surface area contributed by atoms with Crippen molar-refractivity contribution in [2.75, 3.05) is 13.2 Å². The summed E-state index contributed by atoms with van der Waals surface area (Å²) in [5, 5.41) is 35.7. The van der Waals surface area contributed by atoms with Crippen LogP contribution in [-0.4, -0.2) is 58.1 Å². The van der Waals surface area contributed by atoms with Crippen molar-refractivity contribution in [1.29, 1.82) is 0 Å². The van der Waals surface area contributed by atoms with Gasteiger partial charge in [0, 0.05) is 0 Å². The van der Waals surface area contributed by atoms with E-state index in [-0.39, 0.29) is 13.2 Å². The van der Waals surface area contributed by atoms with Crippen LogP contribution >= 0.6 is 0 Å². The van der Waals surface area contributed by atoms with Gasteiger partial charge in [-0.1, -0.05) is 0 Å². The second-order valence-corrected chi connectivity index (χ2v) is 2.60. The molecular weight excluding hydrogens is 152 g/mol. The first kappa shape index (κ1) is 8.89. The Balaban J connectivity index is 2.52. The van der Waals surface area contributed by atoms with Crippen molar-refractivity contribution in [3.05, 3.63) is 0 Å². The first-order valence-electron chi connectivity index (χ1n) is 3.43. The third-order valence-electron chi connectivity index (χ3n) is 1.79. The molecule has 5 nitrogen and oxygen atoms in total. The lowest BCUT2D eigenvalue weighted by Gasteiger charge is -2.34. The van der Waals surface area contributed by atoms with Gasteiger partial charge in [-0.2, -0.15) is 0 Å². The standard InChI is InChI=1S/C6H12O5/c7-1-4-6(10)5(9)3(8)2-11-4/h3-10H,1-2H2/t3-,4+,5-,6+/m0/s1. The molecule has 1 aliphatic heterocycles. The van der Waals surface area contributed by atoms with E-state index in [1.54, 1.807) is 0 Å². The Morgan fingerprint density at radius 2 is 1.82 bits per heavy atom. The summed E-state index contributed by atoms with van der Waals surface area (Å²) in [6.07, 6.45) is -4.27. The van der Waals surface area contributed by atoms with Crippen LogP contribution in [-0.2, 0) is 4.74 Å². The molecule has 1 fully saturated rings. The number of rotatable bonds is 1. The van der Waals surface area contributed by atoms with Crippen LogP contribution < -0.4 is 0 Å². The van der Waals surface area contributed by atoms with Crippen molar-refractivity contribution in [3.8, 4) is 0 Å². The molecule has 1 saturated heterocycles. The zero-order valence-corrected chi connectivity index (χ0v) is 5.92. The first-order chi connectivity index (χ1) is 5.16. The lowest BCUT2D eigenvalue weighted by molar-refractivity contribution is -0.195. The van der Waals surface area contributed by atoms with E-state index in [0.717, 1.165) is 0 Å². The topological polar surface area (TPSA) is 90.2 Å². The highest BCUT2D eigenvalue weighted by atomic mass is 16.5. The lowest BCUT2D eigenvalue weighted by atomic mass is 10.0. The van der Waals surface area contributed by atoms with Crippen LogP contribution in [0.4, 0.5) is 0 Å². The molecular formula is C6H12O5. The summed E-state index contributed by atoms with van der Waals surface area (Å²) >= 11 is 0. The molecule has 0 amide bonds. The minimum Gasteiger partial charge on any atom is -0.394 e. The van der Waals surface area contributed by atoms with Gasteiger partial charge in [-0.05, 0) is 0 Å². The number of hydrogen-bond acceptors (Lipinski definition) is 5. The molecule has 0 aromatic carbocycles. The van der Waals surface area contributed by atoms with Gasteiger partial charge in [0.1, 0.15) is 24.4 Å². The molecule has 4 N–H and O–H groups in total. The second kappa shape index (κ2) is 3.46. The van der Waals surface area contributed by atoms with Gasteiger partial charge < -0.3 is 25.2 Å². The molecule has 0 unspecified atom stereocenters. The maximum Gasteiger partial charge on any atom is 0.111 e. The Morgan fingerprint density at radius 3 is 2.36 bits per heavy atom. The van der Waals surface area contributed by atoms with Gasteiger partial charge in [0.15, 0.2) is 0 Å². The van der Waals surface area contributed by atoms with Crippen molar-refractivity contribution < 1.29 is 25.2 Å². The molecule has 0 aromatic heterocycles. The van der Waals surface area contributed by atoms with Gasteiger partial charge in [0.2, 0.25) is 0 Å². The molecule has 5 heteroatoms. The van der Waals surface area contributed by atoms with Crippen molar-refractivity contribution in [3.63, 3.8) is 0 Å². The van der Waals surface area contributed by atoms with E-state index in [1.807, 2.05) is 0 Å². The Bertz CT molecular complexity index is 126. The molecule has 11 heavy (non-hydrogen) atoms. The molecule has 0 spiro atoms. The van der Waals surface area contributed by atoms with E-state index in [2.05, 4.69) is 0 Å². The zero-order chi connectivity index (χ0) is 8.43. The van der Waals surface area contributed by atoms with E-state index >= 15 is 0 Å². The van der Waals surface area contributed by atoms with Gasteiger partial charge in [-0.15, -0.1) is 0 Å². The summed E-state index contributed by atoms with van der Waals surface area (Å²) < 4.78 is 4.81. The Morgan fingerprint density at radius 1 is 1.18 bits per heavy atom. The molecule has 0 radical (unpaired) electrons. The molecule has 1 aliphatic rings. The van der Waals surface area contributed by atoms with Crippen LogP contribution in [0.1, 0.15) is 0 Å². The van der Waals surface area contributed by atoms with Crippen LogP contribution in [0.25, 0.3) is 0 Å². The lowest BCUT2D eigenvalue weighted by Crippen LogP contribution is -2.53. The van der Waals surface area contributed by atoms with Gasteiger partial charge in [0.25, 0.3) is 0 Å². The molecule has 0 aromatic rings. The normalized spacial score (nSPS) is 45.8. The highest BCUT2D eigenvalue weighted by molar-refractivity contribution is 4.85. The fourth-order valence-corrected chi connectivity index (χ4v) is 1.03. The van der Waals surface area contributed by atoms with Crippen LogP contribution in [0.2, 0.25) is 0 Å². The molecule has 1 rings (SSSR count). The highest BCUT2D eigenvalue weighted by Gasteiger charge is 2.36. The van der Waals surface area contributed by atoms with Gasteiger partial charge in [0.05, 0.1) is 13.2 Å². The zero-order valence-electron chi connectivity index (χ0n) is 5.92. The summed E-state index contributed by atoms with van der Waals surface area (Å²) in [6, 6.07) is 0. The first-order valence-corrected chi connectivity index (χ1v) is 3.43. The SMILES string of the molecule is OC[C@H]1OC[C@H](O)[C@H](O)[C@@H]1O. The maximum atomic E-state index is 9.11. The van der Waals surface area contributed by atoms with Gasteiger partial charge in [-0.25, -0.2) is 0 Å². The summed E-state index contributed by atoms with van der Waals surface area (Å²) in [6.45, 7) is -0.408. The van der Waals surface area contributed by atoms with Crippen LogP contribution in [0.3, 0.4) is 0 Å². The van der Waals surface area contributed by atoms with E-state index in [9.17, 15) is 0 Å². The summed E-state index contributed by atoms with van der Waals surface area (Å²) in [5.74, 6) is 0. The number of aliphatic hydroxyl groups is 4. The van der Waals surface area contributed by atoms with E-state index in [1.165, 1.54) is 0 Å². The summed E-state index contributed by atoms with van der Waals surface area (Å²) in [4.78, 5) is 0. The number of hydrogen-bond donors (Lipinski definition) is 4. The van der Waals surface area contributed by atoms with E-state index in [4.69, 9.17) is 25.2 Å². The Hall–Kier alpha value is -0.200. The number of aliphatic hydroxyl groups excluding tert-OH is 4. The third kappa shape index (κ3) is 1.69. The predicted octanol–water partition coefficient (Wildman–Crippen LogP) is -2.54. The third-order valence-corrected chi connectivity index (χ3v) is 1.79. The monoisotopic (exact) mass is 164 g/mol. The van der Waals surface area contributed by atoms with Gasteiger partial charge in [-0.3, -0.25) is 0 Å². The highest BCUT2D eigenvalue weighted by Crippen LogP contribution is 2.14. The van der Waals surface area contributed by atoms with Crippen LogP contribution in [0, 0.1) is 0 Å². The van der Waals surface area contributed by atoms with E-state index < -0.39 is 24.4 Å². The fraction of sp³-hybridized carbons (Fsp3) is 1.00. The largest absolute Gasteiger partial charge is 0.394 e. The molecule has 1 heterocycles. The molecule has 0 bridgehead atoms. The number of ether oxygens (including phenoxy) is 1. The Labute approximate surface area is 63.8 Å². The molecule has 66 valence electrons. The minimum atomic E-state index is -1.22. The molecule has 4 atom stereocenters. The quantitative estimate of drug-likeness (QED) is 0.343. The average molecular weight is 164 g/mol. The molecule has 0 aliphatic carbocycles. The summed E-state index contributed by atoms with van der Waals surface area (Å²) in [7, 11) is 0. The van der Waals surface area contributed by atoms with Crippen LogP contribution in [0.15, 0.2) is 0 Å². The van der Waals surface area contributed by atoms with Crippen molar-refractivity contribution >= 4 is 0 Å². The summed E-state index contributed by atoms with van der Waals surface area (Å²) in [5.41, 5.74) is 0. The fourth-order valence-electron chi connectivity index (χ4n) is 1.03. The maximum absolute atomic E-state index is 9.11. The Kier molecular flexibility index (Phi) is 2.80. The van der Waals surface area contributed by atoms with Crippen molar-refractivity contribution in [2.24, 2.45) is 0 Å². The predicted molar refractivity (Wildman–Crippen MR) is 34.8 cm³/mol.